The van der Waals surface area contributed by atoms with Crippen LogP contribution in [0, 0.1) is 0 Å². The van der Waals surface area contributed by atoms with Gasteiger partial charge in [0.25, 0.3) is 15.7 Å². The van der Waals surface area contributed by atoms with Crippen molar-refractivity contribution in [3.05, 3.63) is 78.6 Å². The van der Waals surface area contributed by atoms with Crippen LogP contribution in [0.4, 0.5) is 35.0 Å². The van der Waals surface area contributed by atoms with Gasteiger partial charge in [0.05, 0.1) is 34.7 Å². The molecule has 2 N–H and O–H groups in total. The zero-order valence-electron chi connectivity index (χ0n) is 20.3. The van der Waals surface area contributed by atoms with Crippen LogP contribution in [0.1, 0.15) is 18.4 Å². The number of halogens is 3. The lowest BCUT2D eigenvalue weighted by Crippen LogP contribution is -2.37. The molecule has 0 atom stereocenters. The fourth-order valence-electron chi connectivity index (χ4n) is 4.33. The number of benzene rings is 2. The number of pyridine rings is 1. The predicted octanol–water partition coefficient (Wildman–Crippen LogP) is 3.65. The van der Waals surface area contributed by atoms with Gasteiger partial charge in [-0.25, -0.2) is 18.1 Å². The number of nitrogens with zero attached hydrogens (tertiary/aromatic N) is 3. The molecule has 1 aliphatic carbocycles. The van der Waals surface area contributed by atoms with Gasteiger partial charge in [-0.15, -0.1) is 0 Å². The van der Waals surface area contributed by atoms with Gasteiger partial charge in [-0.05, 0) is 60.9 Å². The molecule has 5 rings (SSSR count). The first-order chi connectivity index (χ1) is 18.8. The van der Waals surface area contributed by atoms with E-state index in [4.69, 9.17) is 0 Å². The highest BCUT2D eigenvalue weighted by atomic mass is 32.2. The van der Waals surface area contributed by atoms with E-state index in [0.29, 0.717) is 36.2 Å². The Labute approximate surface area is 226 Å². The Balaban J connectivity index is 1.39. The number of hydrogen-bond donors (Lipinski definition) is 2. The Bertz CT molecular complexity index is 1690. The highest BCUT2D eigenvalue weighted by Gasteiger charge is 2.65. The quantitative estimate of drug-likeness (QED) is 0.378. The number of hydrogen-bond acceptors (Lipinski definition) is 7. The normalized spacial score (nSPS) is 16.9. The average molecular weight is 596 g/mol. The monoisotopic (exact) mass is 595 g/mol. The average Bonchev–Trinajstić information content (AvgIpc) is 3.66. The summed E-state index contributed by atoms with van der Waals surface area (Å²) in [6.45, 7) is -0.187. The summed E-state index contributed by atoms with van der Waals surface area (Å²) in [6.07, 6.45) is 3.27. The van der Waals surface area contributed by atoms with E-state index in [-0.39, 0.29) is 17.9 Å². The van der Waals surface area contributed by atoms with Crippen LogP contribution in [0.3, 0.4) is 0 Å². The summed E-state index contributed by atoms with van der Waals surface area (Å²) in [7, 11) is -9.72. The highest BCUT2D eigenvalue weighted by Crippen LogP contribution is 2.50. The Morgan fingerprint density at radius 2 is 1.55 bits per heavy atom. The smallest absolute Gasteiger partial charge is 0.305 e. The fraction of sp³-hybridized carbons (Fsp3) is 0.208. The minimum absolute atomic E-state index is 0.0575. The first-order valence-electron chi connectivity index (χ1n) is 11.6. The van der Waals surface area contributed by atoms with Gasteiger partial charge >= 0.3 is 21.7 Å². The molecule has 0 radical (unpaired) electrons. The SMILES string of the molecule is O=C1N(c2ccc(S(=O)(=O)C(F)(F)F)cc2)C(=O)C2(CC2)N1Cc1ccncc1NS(=O)(=O)Nc1ccccc1. The van der Waals surface area contributed by atoms with Crippen molar-refractivity contribution in [3.63, 3.8) is 0 Å². The van der Waals surface area contributed by atoms with Crippen molar-refractivity contribution in [1.29, 1.82) is 0 Å². The highest BCUT2D eigenvalue weighted by molar-refractivity contribution is 7.94. The molecule has 16 heteroatoms. The van der Waals surface area contributed by atoms with Crippen molar-refractivity contribution in [1.82, 2.24) is 9.88 Å². The maximum absolute atomic E-state index is 13.4. The number of para-hydroxylation sites is 1. The van der Waals surface area contributed by atoms with Crippen molar-refractivity contribution in [2.75, 3.05) is 14.3 Å². The van der Waals surface area contributed by atoms with Crippen molar-refractivity contribution in [2.24, 2.45) is 0 Å². The number of rotatable bonds is 8. The molecular formula is C24H20F3N5O6S2. The third-order valence-corrected chi connectivity index (χ3v) is 8.98. The standard InChI is InChI=1S/C24H20F3N5O6S2/c25-24(26,27)39(35,36)19-8-6-18(7-9-19)32-21(33)23(11-12-23)31(22(32)34)15-16-10-13-28-14-20(16)30-40(37,38)29-17-4-2-1-3-5-17/h1-10,13-14,29-30H,11-12,15H2. The van der Waals surface area contributed by atoms with Crippen LogP contribution < -0.4 is 14.3 Å². The molecule has 1 spiro atoms. The van der Waals surface area contributed by atoms with Gasteiger partial charge in [-0.3, -0.25) is 19.2 Å². The van der Waals surface area contributed by atoms with Crippen LogP contribution in [-0.4, -0.2) is 49.7 Å². The van der Waals surface area contributed by atoms with E-state index in [9.17, 15) is 39.6 Å². The van der Waals surface area contributed by atoms with Crippen LogP contribution in [0.2, 0.25) is 0 Å². The van der Waals surface area contributed by atoms with Gasteiger partial charge in [0.1, 0.15) is 5.54 Å². The molecule has 3 amide bonds. The van der Waals surface area contributed by atoms with Crippen LogP contribution in [-0.2, 0) is 31.4 Å². The molecule has 2 aromatic carbocycles. The van der Waals surface area contributed by atoms with Gasteiger partial charge < -0.3 is 4.90 Å². The van der Waals surface area contributed by atoms with E-state index in [1.54, 1.807) is 30.3 Å². The number of amides is 3. The minimum atomic E-state index is -5.61. The molecule has 2 fully saturated rings. The zero-order valence-corrected chi connectivity index (χ0v) is 21.9. The summed E-state index contributed by atoms with van der Waals surface area (Å²) < 4.78 is 92.2. The van der Waals surface area contributed by atoms with Crippen LogP contribution in [0.15, 0.2) is 78.0 Å². The number of urea groups is 1. The molecular weight excluding hydrogens is 575 g/mol. The number of aromatic nitrogens is 1. The second-order valence-corrected chi connectivity index (χ2v) is 12.4. The van der Waals surface area contributed by atoms with Crippen LogP contribution >= 0.6 is 0 Å². The predicted molar refractivity (Wildman–Crippen MR) is 137 cm³/mol. The van der Waals surface area contributed by atoms with E-state index in [2.05, 4.69) is 14.4 Å². The van der Waals surface area contributed by atoms with Crippen LogP contribution in [0.5, 0.6) is 0 Å². The first-order valence-corrected chi connectivity index (χ1v) is 14.6. The maximum atomic E-state index is 13.4. The molecule has 1 aromatic heterocycles. The van der Waals surface area contributed by atoms with Gasteiger partial charge in [0, 0.05) is 6.20 Å². The van der Waals surface area contributed by atoms with Gasteiger partial charge in [0.2, 0.25) is 0 Å². The molecule has 3 aromatic rings. The summed E-state index contributed by atoms with van der Waals surface area (Å²) in [4.78, 5) is 31.7. The van der Waals surface area contributed by atoms with Gasteiger partial charge in [0.15, 0.2) is 0 Å². The van der Waals surface area contributed by atoms with Crippen molar-refractivity contribution in [2.45, 2.75) is 35.3 Å². The number of sulfone groups is 1. The third-order valence-electron chi connectivity index (χ3n) is 6.48. The molecule has 11 nitrogen and oxygen atoms in total. The Morgan fingerprint density at radius 1 is 0.900 bits per heavy atom. The van der Waals surface area contributed by atoms with Crippen molar-refractivity contribution < 1.29 is 39.6 Å². The Morgan fingerprint density at radius 3 is 2.15 bits per heavy atom. The number of carbonyl (C=O) groups is 2. The number of carbonyl (C=O) groups excluding carboxylic acids is 2. The molecule has 0 bridgehead atoms. The summed E-state index contributed by atoms with van der Waals surface area (Å²) >= 11 is 0. The summed E-state index contributed by atoms with van der Waals surface area (Å²) in [5, 5.41) is 0. The van der Waals surface area contributed by atoms with E-state index >= 15 is 0 Å². The molecule has 1 saturated carbocycles. The maximum Gasteiger partial charge on any atom is 0.501 e. The first kappa shape index (κ1) is 27.4. The summed E-state index contributed by atoms with van der Waals surface area (Å²) in [5.74, 6) is -0.620. The number of alkyl halides is 3. The van der Waals surface area contributed by atoms with E-state index < -0.39 is 47.9 Å². The summed E-state index contributed by atoms with van der Waals surface area (Å²) in [5.41, 5.74) is -6.13. The van der Waals surface area contributed by atoms with E-state index in [1.165, 1.54) is 23.4 Å². The van der Waals surface area contributed by atoms with E-state index in [0.717, 1.165) is 17.0 Å². The van der Waals surface area contributed by atoms with E-state index in [1.807, 2.05) is 0 Å². The van der Waals surface area contributed by atoms with Crippen LogP contribution in [0.25, 0.3) is 0 Å². The molecule has 1 saturated heterocycles. The van der Waals surface area contributed by atoms with Crippen molar-refractivity contribution in [3.8, 4) is 0 Å². The molecule has 0 unspecified atom stereocenters. The second kappa shape index (κ2) is 9.48. The topological polar surface area (TPSA) is 146 Å². The second-order valence-electron chi connectivity index (χ2n) is 9.09. The van der Waals surface area contributed by atoms with Gasteiger partial charge in [-0.2, -0.15) is 21.6 Å². The molecule has 210 valence electrons. The van der Waals surface area contributed by atoms with Gasteiger partial charge in [-0.1, -0.05) is 18.2 Å². The number of imide groups is 1. The Hall–Kier alpha value is -4.18. The fourth-order valence-corrected chi connectivity index (χ4v) is 6.06. The minimum Gasteiger partial charge on any atom is -0.305 e. The third kappa shape index (κ3) is 4.83. The zero-order chi connectivity index (χ0) is 28.9. The molecule has 2 heterocycles. The van der Waals surface area contributed by atoms with Crippen molar-refractivity contribution >= 4 is 49.0 Å². The molecule has 40 heavy (non-hydrogen) atoms. The summed E-state index contributed by atoms with van der Waals surface area (Å²) in [6, 6.07) is 12.1. The lowest BCUT2D eigenvalue weighted by molar-refractivity contribution is -0.120. The molecule has 1 aliphatic heterocycles. The lowest BCUT2D eigenvalue weighted by atomic mass is 10.1. The Kier molecular flexibility index (Phi) is 6.49. The number of anilines is 3. The molecule has 2 aliphatic rings. The largest absolute Gasteiger partial charge is 0.501 e. The lowest BCUT2D eigenvalue weighted by Gasteiger charge is -2.23. The number of nitrogens with one attached hydrogen (secondary N) is 2.